The van der Waals surface area contributed by atoms with E-state index in [9.17, 15) is 14.5 Å². The summed E-state index contributed by atoms with van der Waals surface area (Å²) in [6.45, 7) is 0. The highest BCUT2D eigenvalue weighted by Crippen LogP contribution is 2.26. The molecule has 0 aliphatic carbocycles. The molecule has 3 aromatic rings. The molecule has 0 aliphatic rings. The molecular formula is C18H14N3O4S+. The predicted octanol–water partition coefficient (Wildman–Crippen LogP) is 3.65. The van der Waals surface area contributed by atoms with E-state index in [0.29, 0.717) is 15.3 Å². The molecule has 0 aliphatic heterocycles. The summed E-state index contributed by atoms with van der Waals surface area (Å²) < 4.78 is 6.01. The van der Waals surface area contributed by atoms with Crippen LogP contribution in [-0.2, 0) is 0 Å². The number of ether oxygens (including phenoxy) is 1. The highest BCUT2D eigenvalue weighted by molar-refractivity contribution is 7.18. The molecule has 0 bridgehead atoms. The van der Waals surface area contributed by atoms with Gasteiger partial charge in [-0.2, -0.15) is 0 Å². The first-order valence-corrected chi connectivity index (χ1v) is 8.40. The minimum atomic E-state index is -0.560. The third-order valence-corrected chi connectivity index (χ3v) is 4.34. The maximum absolute atomic E-state index is 12.5. The number of aromatic nitrogens is 1. The first kappa shape index (κ1) is 17.4. The summed E-state index contributed by atoms with van der Waals surface area (Å²) in [5.74, 6) is -0.914. The number of carbonyl (C=O) groups is 2. The molecule has 26 heavy (non-hydrogen) atoms. The maximum atomic E-state index is 12.5. The maximum Gasteiger partial charge on any atom is 0.343 e. The molecule has 1 heterocycles. The topological polar surface area (TPSA) is 88.4 Å². The molecule has 0 atom stereocenters. The first-order chi connectivity index (χ1) is 12.5. The number of amides is 1. The highest BCUT2D eigenvalue weighted by atomic mass is 32.1. The molecule has 130 valence electrons. The van der Waals surface area contributed by atoms with Crippen molar-refractivity contribution in [2.75, 3.05) is 12.4 Å². The largest absolute Gasteiger partial charge is 0.422 e. The van der Waals surface area contributed by atoms with Crippen LogP contribution in [0.15, 0.2) is 60.8 Å². The normalized spacial score (nSPS) is 10.2. The number of esters is 1. The fourth-order valence-corrected chi connectivity index (χ4v) is 2.79. The molecule has 7 nitrogen and oxygen atoms in total. The fourth-order valence-electron chi connectivity index (χ4n) is 2.11. The lowest BCUT2D eigenvalue weighted by atomic mass is 10.2. The summed E-state index contributed by atoms with van der Waals surface area (Å²) in [7, 11) is 1.34. The summed E-state index contributed by atoms with van der Waals surface area (Å²) in [6.07, 6.45) is 1.37. The zero-order valence-electron chi connectivity index (χ0n) is 13.7. The Balaban J connectivity index is 1.78. The molecular weight excluding hydrogens is 354 g/mol. The van der Waals surface area contributed by atoms with E-state index in [1.807, 2.05) is 0 Å². The summed E-state index contributed by atoms with van der Waals surface area (Å²) in [5, 5.41) is 3.24. The third kappa shape index (κ3) is 3.98. The average Bonchev–Trinajstić information content (AvgIpc) is 3.11. The van der Waals surface area contributed by atoms with Crippen LogP contribution in [0.2, 0.25) is 0 Å². The molecule has 1 aromatic heterocycles. The van der Waals surface area contributed by atoms with E-state index in [0.717, 1.165) is 11.3 Å². The molecule has 0 saturated heterocycles. The van der Waals surface area contributed by atoms with Crippen molar-refractivity contribution >= 4 is 33.3 Å². The van der Waals surface area contributed by atoms with E-state index in [-0.39, 0.29) is 16.4 Å². The number of rotatable bonds is 5. The van der Waals surface area contributed by atoms with E-state index in [2.05, 4.69) is 10.3 Å². The Labute approximate surface area is 152 Å². The van der Waals surface area contributed by atoms with E-state index < -0.39 is 11.9 Å². The number of benzene rings is 2. The standard InChI is InChI=1S/C18H13N3O4S/c1-21(24)15-11-19-18(26-15)20-16(22)13-9-5-6-10-14(13)25-17(23)12-7-3-2-4-8-12/h2-11H,1H3/p+1. The number of hydrogen-bond acceptors (Lipinski definition) is 6. The van der Waals surface area contributed by atoms with Gasteiger partial charge in [0.15, 0.2) is 12.2 Å². The Kier molecular flexibility index (Phi) is 5.14. The van der Waals surface area contributed by atoms with Gasteiger partial charge in [0.05, 0.1) is 11.1 Å². The van der Waals surface area contributed by atoms with E-state index in [1.165, 1.54) is 25.4 Å². The molecule has 1 amide bonds. The Morgan fingerprint density at radius 1 is 1.08 bits per heavy atom. The summed E-state index contributed by atoms with van der Waals surface area (Å²) in [4.78, 5) is 39.9. The summed E-state index contributed by atoms with van der Waals surface area (Å²) >= 11 is 1.04. The first-order valence-electron chi connectivity index (χ1n) is 7.59. The molecule has 8 heteroatoms. The lowest BCUT2D eigenvalue weighted by Crippen LogP contribution is -2.16. The SMILES string of the molecule is C[N+](=O)c1cnc(NC(=O)c2ccccc2OC(=O)c2ccccc2)s1. The smallest absolute Gasteiger partial charge is 0.343 e. The molecule has 0 saturated carbocycles. The molecule has 0 fully saturated rings. The van der Waals surface area contributed by atoms with Gasteiger partial charge in [-0.15, -0.1) is 0 Å². The Morgan fingerprint density at radius 2 is 1.77 bits per heavy atom. The van der Waals surface area contributed by atoms with Crippen molar-refractivity contribution < 1.29 is 19.1 Å². The third-order valence-electron chi connectivity index (χ3n) is 3.37. The summed E-state index contributed by atoms with van der Waals surface area (Å²) in [5.41, 5.74) is 0.565. The van der Waals surface area contributed by atoms with Gasteiger partial charge < -0.3 is 4.74 Å². The van der Waals surface area contributed by atoms with Crippen LogP contribution in [0.3, 0.4) is 0 Å². The summed E-state index contributed by atoms with van der Waals surface area (Å²) in [6, 6.07) is 14.9. The number of hydrogen-bond donors (Lipinski definition) is 1. The van der Waals surface area contributed by atoms with Crippen molar-refractivity contribution in [3.05, 3.63) is 76.8 Å². The minimum absolute atomic E-state index is 0.136. The second-order valence-electron chi connectivity index (χ2n) is 5.21. The van der Waals surface area contributed by atoms with Crippen LogP contribution in [0.5, 0.6) is 5.75 Å². The van der Waals surface area contributed by atoms with Crippen LogP contribution in [0, 0.1) is 4.91 Å². The van der Waals surface area contributed by atoms with E-state index in [4.69, 9.17) is 4.74 Å². The van der Waals surface area contributed by atoms with Crippen molar-refractivity contribution in [1.29, 1.82) is 0 Å². The van der Waals surface area contributed by atoms with E-state index >= 15 is 0 Å². The quantitative estimate of drug-likeness (QED) is 0.422. The molecule has 2 aromatic carbocycles. The Morgan fingerprint density at radius 3 is 2.46 bits per heavy atom. The van der Waals surface area contributed by atoms with Gasteiger partial charge in [-0.25, -0.2) is 9.78 Å². The molecule has 0 spiro atoms. The zero-order valence-corrected chi connectivity index (χ0v) is 14.5. The monoisotopic (exact) mass is 368 g/mol. The van der Waals surface area contributed by atoms with Crippen molar-refractivity contribution in [1.82, 2.24) is 4.98 Å². The van der Waals surface area contributed by atoms with Gasteiger partial charge >= 0.3 is 11.0 Å². The van der Waals surface area contributed by atoms with Crippen molar-refractivity contribution in [2.24, 2.45) is 0 Å². The average molecular weight is 368 g/mol. The van der Waals surface area contributed by atoms with Crippen LogP contribution >= 0.6 is 11.3 Å². The zero-order chi connectivity index (χ0) is 18.5. The number of thiazole rings is 1. The van der Waals surface area contributed by atoms with Crippen LogP contribution in [0.25, 0.3) is 0 Å². The Bertz CT molecular complexity index is 969. The van der Waals surface area contributed by atoms with Gasteiger partial charge in [-0.3, -0.25) is 10.1 Å². The molecule has 3 rings (SSSR count). The number of para-hydroxylation sites is 1. The van der Waals surface area contributed by atoms with Gasteiger partial charge in [0, 0.05) is 9.67 Å². The number of nitroso groups, excluding NO2 is 1. The lowest BCUT2D eigenvalue weighted by molar-refractivity contribution is -0.424. The fraction of sp³-hybridized carbons (Fsp3) is 0.0556. The van der Waals surface area contributed by atoms with Gasteiger partial charge in [-0.05, 0) is 35.6 Å². The predicted molar refractivity (Wildman–Crippen MR) is 97.1 cm³/mol. The number of nitrogens with one attached hydrogen (secondary N) is 1. The second-order valence-corrected chi connectivity index (χ2v) is 6.22. The van der Waals surface area contributed by atoms with Gasteiger partial charge in [0.2, 0.25) is 0 Å². The van der Waals surface area contributed by atoms with Gasteiger partial charge in [0.1, 0.15) is 11.9 Å². The Hall–Kier alpha value is -3.39. The molecule has 0 unspecified atom stereocenters. The number of anilines is 1. The van der Waals surface area contributed by atoms with Crippen molar-refractivity contribution in [3.8, 4) is 5.75 Å². The van der Waals surface area contributed by atoms with Crippen LogP contribution in [0.4, 0.5) is 10.1 Å². The van der Waals surface area contributed by atoms with Crippen molar-refractivity contribution in [2.45, 2.75) is 0 Å². The second kappa shape index (κ2) is 7.66. The highest BCUT2D eigenvalue weighted by Gasteiger charge is 2.19. The number of carbonyl (C=O) groups excluding carboxylic acids is 2. The molecule has 1 N–H and O–H groups in total. The lowest BCUT2D eigenvalue weighted by Gasteiger charge is -2.09. The van der Waals surface area contributed by atoms with Crippen LogP contribution in [-0.4, -0.2) is 28.7 Å². The number of nitrogens with zero attached hydrogens (tertiary/aromatic N) is 2. The van der Waals surface area contributed by atoms with E-state index in [1.54, 1.807) is 42.5 Å². The van der Waals surface area contributed by atoms with Gasteiger partial charge in [-0.1, -0.05) is 30.3 Å². The van der Waals surface area contributed by atoms with Crippen molar-refractivity contribution in [3.63, 3.8) is 0 Å². The minimum Gasteiger partial charge on any atom is -0.422 e. The molecule has 0 radical (unpaired) electrons. The van der Waals surface area contributed by atoms with Crippen LogP contribution < -0.4 is 10.1 Å². The van der Waals surface area contributed by atoms with Crippen LogP contribution in [0.1, 0.15) is 20.7 Å². The van der Waals surface area contributed by atoms with Gasteiger partial charge in [0.25, 0.3) is 5.91 Å².